The van der Waals surface area contributed by atoms with Gasteiger partial charge in [0.25, 0.3) is 0 Å². The monoisotopic (exact) mass is 568 g/mol. The Bertz CT molecular complexity index is 1500. The first-order chi connectivity index (χ1) is 20.4. The molecule has 218 valence electrons. The van der Waals surface area contributed by atoms with Crippen LogP contribution in [0.2, 0.25) is 0 Å². The van der Waals surface area contributed by atoms with Crippen LogP contribution < -0.4 is 24.8 Å². The highest BCUT2D eigenvalue weighted by atomic mass is 16.5. The molecule has 1 atom stereocenters. The first-order valence-electron chi connectivity index (χ1n) is 14.2. The number of rotatable bonds is 6. The number of urea groups is 1. The molecule has 1 fully saturated rings. The highest BCUT2D eigenvalue weighted by Crippen LogP contribution is 2.45. The Labute approximate surface area is 246 Å². The Morgan fingerprint density at radius 3 is 2.55 bits per heavy atom. The summed E-state index contributed by atoms with van der Waals surface area (Å²) in [4.78, 5) is 45.5. The molecule has 3 amide bonds. The van der Waals surface area contributed by atoms with Crippen LogP contribution in [0, 0.1) is 0 Å². The second kappa shape index (κ2) is 11.3. The molecule has 42 heavy (non-hydrogen) atoms. The standard InChI is InChI=1S/C31H36N8O3/c1-5-27(40)38-14-13-25(24-7-6-8-26(42-4)28(24)38)39-20-21-19-32-30(34-29(21)36(3)31(39)41)33-22-9-11-23(12-10-22)37-17-15-35(2)16-18-37/h5-12,19,25H,1,13-18,20H2,2-4H3,(H,32,33,34). The lowest BCUT2D eigenvalue weighted by Crippen LogP contribution is -2.49. The summed E-state index contributed by atoms with van der Waals surface area (Å²) in [6.07, 6.45) is 3.67. The molecular weight excluding hydrogens is 532 g/mol. The zero-order valence-electron chi connectivity index (χ0n) is 24.3. The average Bonchev–Trinajstić information content (AvgIpc) is 3.02. The molecule has 0 saturated carbocycles. The van der Waals surface area contributed by atoms with E-state index in [2.05, 4.69) is 45.9 Å². The van der Waals surface area contributed by atoms with E-state index >= 15 is 0 Å². The van der Waals surface area contributed by atoms with E-state index in [-0.39, 0.29) is 18.0 Å². The normalized spacial score (nSPS) is 18.8. The molecule has 3 aliphatic heterocycles. The summed E-state index contributed by atoms with van der Waals surface area (Å²) < 4.78 is 5.61. The van der Waals surface area contributed by atoms with Gasteiger partial charge in [-0.3, -0.25) is 9.69 Å². The molecule has 1 saturated heterocycles. The van der Waals surface area contributed by atoms with Crippen molar-refractivity contribution in [1.29, 1.82) is 0 Å². The maximum absolute atomic E-state index is 13.7. The van der Waals surface area contributed by atoms with E-state index < -0.39 is 0 Å². The summed E-state index contributed by atoms with van der Waals surface area (Å²) in [5.41, 5.74) is 4.47. The number of ether oxygens (including phenoxy) is 1. The molecule has 0 bridgehead atoms. The lowest BCUT2D eigenvalue weighted by molar-refractivity contribution is -0.114. The van der Waals surface area contributed by atoms with Gasteiger partial charge >= 0.3 is 6.03 Å². The molecule has 0 spiro atoms. The third-order valence-electron chi connectivity index (χ3n) is 8.35. The van der Waals surface area contributed by atoms with Crippen LogP contribution in [0.1, 0.15) is 23.6 Å². The van der Waals surface area contributed by atoms with Crippen molar-refractivity contribution in [2.24, 2.45) is 0 Å². The third kappa shape index (κ3) is 5.00. The minimum atomic E-state index is -0.247. The van der Waals surface area contributed by atoms with Crippen LogP contribution in [0.4, 0.5) is 33.6 Å². The SMILES string of the molecule is C=CC(=O)N1CCC(N2Cc3cnc(Nc4ccc(N5CCN(C)CC5)cc4)nc3N(C)C2=O)c2cccc(OC)c21. The number of benzene rings is 2. The van der Waals surface area contributed by atoms with Crippen molar-refractivity contribution in [3.05, 3.63) is 72.4 Å². The largest absolute Gasteiger partial charge is 0.495 e. The first-order valence-corrected chi connectivity index (χ1v) is 14.2. The Morgan fingerprint density at radius 2 is 1.83 bits per heavy atom. The van der Waals surface area contributed by atoms with Crippen LogP contribution in [0.5, 0.6) is 5.75 Å². The van der Waals surface area contributed by atoms with Crippen LogP contribution in [-0.2, 0) is 11.3 Å². The number of fused-ring (bicyclic) bond motifs is 2. The number of likely N-dealkylation sites (N-methyl/N-ethyl adjacent to an activating group) is 1. The van der Waals surface area contributed by atoms with E-state index in [1.54, 1.807) is 30.2 Å². The molecule has 0 aliphatic carbocycles. The van der Waals surface area contributed by atoms with Gasteiger partial charge in [-0.25, -0.2) is 9.78 Å². The van der Waals surface area contributed by atoms with Crippen molar-refractivity contribution in [2.45, 2.75) is 19.0 Å². The number of piperazine rings is 1. The third-order valence-corrected chi connectivity index (χ3v) is 8.35. The maximum Gasteiger partial charge on any atom is 0.326 e. The summed E-state index contributed by atoms with van der Waals surface area (Å²) in [6, 6.07) is 13.5. The number of anilines is 5. The molecule has 4 heterocycles. The van der Waals surface area contributed by atoms with Gasteiger partial charge in [0.15, 0.2) is 0 Å². The van der Waals surface area contributed by atoms with E-state index in [1.165, 1.54) is 11.8 Å². The van der Waals surface area contributed by atoms with Crippen LogP contribution in [-0.4, -0.2) is 85.6 Å². The first kappa shape index (κ1) is 27.5. The number of carbonyl (C=O) groups excluding carboxylic acids is 2. The zero-order chi connectivity index (χ0) is 29.4. The lowest BCUT2D eigenvalue weighted by Gasteiger charge is -2.43. The van der Waals surface area contributed by atoms with Crippen molar-refractivity contribution < 1.29 is 14.3 Å². The zero-order valence-corrected chi connectivity index (χ0v) is 24.3. The van der Waals surface area contributed by atoms with Crippen molar-refractivity contribution in [1.82, 2.24) is 19.8 Å². The van der Waals surface area contributed by atoms with E-state index in [0.717, 1.165) is 43.0 Å². The van der Waals surface area contributed by atoms with Crippen molar-refractivity contribution in [3.63, 3.8) is 0 Å². The number of nitrogens with one attached hydrogen (secondary N) is 1. The topological polar surface area (TPSA) is 97.4 Å². The number of carbonyl (C=O) groups is 2. The highest BCUT2D eigenvalue weighted by Gasteiger charge is 2.39. The smallest absolute Gasteiger partial charge is 0.326 e. The quantitative estimate of drug-likeness (QED) is 0.446. The van der Waals surface area contributed by atoms with E-state index in [0.29, 0.717) is 42.7 Å². The fourth-order valence-corrected chi connectivity index (χ4v) is 6.02. The molecule has 6 rings (SSSR count). The van der Waals surface area contributed by atoms with Gasteiger partial charge in [-0.15, -0.1) is 0 Å². The van der Waals surface area contributed by atoms with Crippen LogP contribution in [0.15, 0.2) is 61.3 Å². The van der Waals surface area contributed by atoms with Gasteiger partial charge in [-0.1, -0.05) is 18.7 Å². The van der Waals surface area contributed by atoms with Gasteiger partial charge in [0, 0.05) is 68.5 Å². The molecular formula is C31H36N8O3. The molecule has 3 aromatic rings. The van der Waals surface area contributed by atoms with Crippen molar-refractivity contribution in [2.75, 3.05) is 73.9 Å². The predicted octanol–water partition coefficient (Wildman–Crippen LogP) is 4.02. The molecule has 11 nitrogen and oxygen atoms in total. The summed E-state index contributed by atoms with van der Waals surface area (Å²) >= 11 is 0. The minimum absolute atomic E-state index is 0.161. The van der Waals surface area contributed by atoms with Gasteiger partial charge < -0.3 is 29.7 Å². The number of hydrogen-bond acceptors (Lipinski definition) is 8. The number of hydrogen-bond donors (Lipinski definition) is 1. The minimum Gasteiger partial charge on any atom is -0.495 e. The fraction of sp³-hybridized carbons (Fsp3) is 0.355. The Balaban J connectivity index is 1.21. The fourth-order valence-electron chi connectivity index (χ4n) is 6.02. The summed E-state index contributed by atoms with van der Waals surface area (Å²) in [5, 5.41) is 3.29. The van der Waals surface area contributed by atoms with Crippen LogP contribution in [0.3, 0.4) is 0 Å². The van der Waals surface area contributed by atoms with Gasteiger partial charge in [0.2, 0.25) is 11.9 Å². The highest BCUT2D eigenvalue weighted by molar-refractivity contribution is 6.03. The van der Waals surface area contributed by atoms with Crippen LogP contribution in [0.25, 0.3) is 0 Å². The number of nitrogens with zero attached hydrogens (tertiary/aromatic N) is 7. The predicted molar refractivity (Wildman–Crippen MR) is 164 cm³/mol. The lowest BCUT2D eigenvalue weighted by atomic mass is 9.93. The molecule has 2 aromatic carbocycles. The van der Waals surface area contributed by atoms with Crippen molar-refractivity contribution in [3.8, 4) is 5.75 Å². The Hall–Kier alpha value is -4.64. The van der Waals surface area contributed by atoms with E-state index in [9.17, 15) is 9.59 Å². The maximum atomic E-state index is 13.7. The Morgan fingerprint density at radius 1 is 1.07 bits per heavy atom. The molecule has 3 aliphatic rings. The van der Waals surface area contributed by atoms with E-state index in [4.69, 9.17) is 9.72 Å². The van der Waals surface area contributed by atoms with Gasteiger partial charge in [-0.05, 0) is 49.9 Å². The van der Waals surface area contributed by atoms with Crippen molar-refractivity contribution >= 4 is 40.8 Å². The molecule has 0 radical (unpaired) electrons. The second-order valence-corrected chi connectivity index (χ2v) is 10.9. The van der Waals surface area contributed by atoms with Gasteiger partial charge in [0.05, 0.1) is 25.4 Å². The van der Waals surface area contributed by atoms with Gasteiger partial charge in [-0.2, -0.15) is 4.98 Å². The molecule has 1 aromatic heterocycles. The number of para-hydroxylation sites is 1. The summed E-state index contributed by atoms with van der Waals surface area (Å²) in [7, 11) is 5.47. The van der Waals surface area contributed by atoms with Crippen LogP contribution >= 0.6 is 0 Å². The second-order valence-electron chi connectivity index (χ2n) is 10.9. The van der Waals surface area contributed by atoms with Gasteiger partial charge in [0.1, 0.15) is 11.6 Å². The number of amides is 3. The Kier molecular flexibility index (Phi) is 7.42. The number of aromatic nitrogens is 2. The summed E-state index contributed by atoms with van der Waals surface area (Å²) in [5.74, 6) is 1.39. The molecule has 1 N–H and O–H groups in total. The molecule has 11 heteroatoms. The molecule has 1 unspecified atom stereocenters. The number of methoxy groups -OCH3 is 1. The average molecular weight is 569 g/mol. The van der Waals surface area contributed by atoms with E-state index in [1.807, 2.05) is 35.2 Å². The summed E-state index contributed by atoms with van der Waals surface area (Å²) in [6.45, 7) is 8.59.